The first-order valence-electron chi connectivity index (χ1n) is 9.56. The Bertz CT molecular complexity index is 1360. The van der Waals surface area contributed by atoms with Crippen LogP contribution in [0.2, 0.25) is 5.02 Å². The van der Waals surface area contributed by atoms with Crippen LogP contribution < -0.4 is 15.6 Å². The molecule has 1 aromatic heterocycles. The standard InChI is InChI=1S/C20H21ClFN5O3S/c1-11-14(8-9-15-17(11)20(28)26(2)10-23-15)24-19-13(22)6-7-16(18(19)21)25-31(29,30)27(3)12-4-5-12/h6-10,12,24-25H,4-5H2,1-3H3. The first-order chi connectivity index (χ1) is 14.6. The number of hydrogen-bond acceptors (Lipinski definition) is 5. The minimum absolute atomic E-state index is 0.0363. The van der Waals surface area contributed by atoms with E-state index in [-0.39, 0.29) is 28.0 Å². The van der Waals surface area contributed by atoms with E-state index in [0.717, 1.165) is 18.9 Å². The summed E-state index contributed by atoms with van der Waals surface area (Å²) in [6.07, 6.45) is 3.04. The second kappa shape index (κ2) is 7.77. The molecule has 3 aromatic rings. The summed E-state index contributed by atoms with van der Waals surface area (Å²) >= 11 is 6.37. The number of aryl methyl sites for hydroxylation is 2. The summed E-state index contributed by atoms with van der Waals surface area (Å²) in [5.74, 6) is -0.665. The van der Waals surface area contributed by atoms with Crippen molar-refractivity contribution in [2.24, 2.45) is 7.05 Å². The van der Waals surface area contributed by atoms with Crippen LogP contribution in [0.15, 0.2) is 35.4 Å². The number of nitrogens with zero attached hydrogens (tertiary/aromatic N) is 3. The van der Waals surface area contributed by atoms with Gasteiger partial charge in [-0.15, -0.1) is 0 Å². The third-order valence-electron chi connectivity index (χ3n) is 5.38. The molecule has 4 rings (SSSR count). The van der Waals surface area contributed by atoms with Crippen LogP contribution in [-0.4, -0.2) is 35.4 Å². The van der Waals surface area contributed by atoms with Gasteiger partial charge in [0, 0.05) is 25.8 Å². The number of nitrogens with one attached hydrogen (secondary N) is 2. The van der Waals surface area contributed by atoms with Crippen LogP contribution in [0.3, 0.4) is 0 Å². The Morgan fingerprint density at radius 2 is 1.90 bits per heavy atom. The highest BCUT2D eigenvalue weighted by Crippen LogP contribution is 2.37. The van der Waals surface area contributed by atoms with Crippen molar-refractivity contribution in [2.45, 2.75) is 25.8 Å². The number of benzene rings is 2. The van der Waals surface area contributed by atoms with Gasteiger partial charge in [-0.3, -0.25) is 9.52 Å². The highest BCUT2D eigenvalue weighted by atomic mass is 35.5. The van der Waals surface area contributed by atoms with Crippen molar-refractivity contribution in [3.8, 4) is 0 Å². The van der Waals surface area contributed by atoms with Gasteiger partial charge >= 0.3 is 10.2 Å². The zero-order valence-corrected chi connectivity index (χ0v) is 18.7. The van der Waals surface area contributed by atoms with Gasteiger partial charge in [0.2, 0.25) is 0 Å². The maximum atomic E-state index is 14.6. The van der Waals surface area contributed by atoms with Gasteiger partial charge in [0.05, 0.1) is 33.6 Å². The lowest BCUT2D eigenvalue weighted by Gasteiger charge is -2.20. The summed E-state index contributed by atoms with van der Waals surface area (Å²) in [7, 11) is -0.740. The predicted molar refractivity (Wildman–Crippen MR) is 120 cm³/mol. The molecule has 1 saturated carbocycles. The summed E-state index contributed by atoms with van der Waals surface area (Å²) in [6.45, 7) is 1.72. The first kappa shape index (κ1) is 21.5. The maximum absolute atomic E-state index is 14.6. The second-order valence-corrected chi connectivity index (χ2v) is 9.66. The highest BCUT2D eigenvalue weighted by molar-refractivity contribution is 7.90. The maximum Gasteiger partial charge on any atom is 0.301 e. The zero-order chi connectivity index (χ0) is 22.5. The topological polar surface area (TPSA) is 96.3 Å². The van der Waals surface area contributed by atoms with Gasteiger partial charge in [0.15, 0.2) is 0 Å². The largest absolute Gasteiger partial charge is 0.352 e. The van der Waals surface area contributed by atoms with Crippen LogP contribution in [-0.2, 0) is 17.3 Å². The van der Waals surface area contributed by atoms with Crippen molar-refractivity contribution in [1.29, 1.82) is 0 Å². The molecule has 11 heteroatoms. The summed E-state index contributed by atoms with van der Waals surface area (Å²) < 4.78 is 44.8. The number of fused-ring (bicyclic) bond motifs is 1. The highest BCUT2D eigenvalue weighted by Gasteiger charge is 2.34. The van der Waals surface area contributed by atoms with Crippen LogP contribution in [0.25, 0.3) is 10.9 Å². The average molecular weight is 466 g/mol. The molecule has 1 fully saturated rings. The number of rotatable bonds is 6. The van der Waals surface area contributed by atoms with E-state index in [1.807, 2.05) is 0 Å². The van der Waals surface area contributed by atoms with E-state index < -0.39 is 16.0 Å². The Morgan fingerprint density at radius 1 is 1.23 bits per heavy atom. The molecule has 0 aliphatic heterocycles. The van der Waals surface area contributed by atoms with Crippen LogP contribution in [0.4, 0.5) is 21.5 Å². The smallest absolute Gasteiger partial charge is 0.301 e. The molecule has 0 bridgehead atoms. The second-order valence-electron chi connectivity index (χ2n) is 7.56. The van der Waals surface area contributed by atoms with E-state index in [9.17, 15) is 17.6 Å². The van der Waals surface area contributed by atoms with Crippen LogP contribution in [0, 0.1) is 12.7 Å². The van der Waals surface area contributed by atoms with Gasteiger partial charge < -0.3 is 9.88 Å². The van der Waals surface area contributed by atoms with Gasteiger partial charge in [0.25, 0.3) is 5.56 Å². The fraction of sp³-hybridized carbons (Fsp3) is 0.300. The van der Waals surface area contributed by atoms with E-state index in [1.54, 1.807) is 26.1 Å². The van der Waals surface area contributed by atoms with Gasteiger partial charge in [0.1, 0.15) is 5.82 Å². The zero-order valence-electron chi connectivity index (χ0n) is 17.1. The van der Waals surface area contributed by atoms with Gasteiger partial charge in [-0.1, -0.05) is 11.6 Å². The quantitative estimate of drug-likeness (QED) is 0.580. The van der Waals surface area contributed by atoms with Crippen LogP contribution in [0.1, 0.15) is 18.4 Å². The third kappa shape index (κ3) is 3.98. The predicted octanol–water partition coefficient (Wildman–Crippen LogP) is 3.53. The fourth-order valence-electron chi connectivity index (χ4n) is 3.31. The Labute approximate surface area is 183 Å². The van der Waals surface area contributed by atoms with Gasteiger partial charge in [-0.25, -0.2) is 9.37 Å². The van der Waals surface area contributed by atoms with Crippen molar-refractivity contribution >= 4 is 49.8 Å². The minimum atomic E-state index is -3.83. The molecule has 31 heavy (non-hydrogen) atoms. The molecule has 1 aliphatic carbocycles. The van der Waals surface area contributed by atoms with E-state index in [4.69, 9.17) is 11.6 Å². The van der Waals surface area contributed by atoms with E-state index in [1.165, 1.54) is 28.3 Å². The van der Waals surface area contributed by atoms with Crippen molar-refractivity contribution in [3.63, 3.8) is 0 Å². The van der Waals surface area contributed by atoms with E-state index in [2.05, 4.69) is 15.0 Å². The van der Waals surface area contributed by atoms with Crippen LogP contribution >= 0.6 is 11.6 Å². The normalized spacial score (nSPS) is 14.3. The molecule has 0 spiro atoms. The lowest BCUT2D eigenvalue weighted by Crippen LogP contribution is -2.34. The number of halogens is 2. The molecule has 2 N–H and O–H groups in total. The number of anilines is 3. The molecule has 0 amide bonds. The summed E-state index contributed by atoms with van der Waals surface area (Å²) in [5, 5.41) is 3.19. The summed E-state index contributed by atoms with van der Waals surface area (Å²) in [4.78, 5) is 16.8. The molecule has 0 radical (unpaired) electrons. The van der Waals surface area contributed by atoms with Gasteiger partial charge in [-0.2, -0.15) is 12.7 Å². The summed E-state index contributed by atoms with van der Waals surface area (Å²) in [6, 6.07) is 5.67. The molecule has 8 nitrogen and oxygen atoms in total. The van der Waals surface area contributed by atoms with E-state index >= 15 is 0 Å². The molecular weight excluding hydrogens is 445 g/mol. The average Bonchev–Trinajstić information content (AvgIpc) is 3.56. The monoisotopic (exact) mass is 465 g/mol. The first-order valence-corrected chi connectivity index (χ1v) is 11.4. The molecule has 1 aliphatic rings. The molecule has 0 saturated heterocycles. The fourth-order valence-corrected chi connectivity index (χ4v) is 4.81. The lowest BCUT2D eigenvalue weighted by atomic mass is 10.1. The number of hydrogen-bond donors (Lipinski definition) is 2. The Balaban J connectivity index is 1.72. The third-order valence-corrected chi connectivity index (χ3v) is 7.30. The Morgan fingerprint density at radius 3 is 2.58 bits per heavy atom. The van der Waals surface area contributed by atoms with Gasteiger partial charge in [-0.05, 0) is 49.6 Å². The van der Waals surface area contributed by atoms with Crippen molar-refractivity contribution in [1.82, 2.24) is 13.9 Å². The number of aromatic nitrogens is 2. The molecule has 0 atom stereocenters. The Kier molecular flexibility index (Phi) is 5.40. The Hall–Kier alpha value is -2.69. The SMILES string of the molecule is Cc1c(Nc2c(F)ccc(NS(=O)(=O)N(C)C3CC3)c2Cl)ccc2ncn(C)c(=O)c12. The van der Waals surface area contributed by atoms with Crippen LogP contribution in [0.5, 0.6) is 0 Å². The minimum Gasteiger partial charge on any atom is -0.352 e. The molecule has 2 aromatic carbocycles. The molecule has 0 unspecified atom stereocenters. The lowest BCUT2D eigenvalue weighted by molar-refractivity contribution is 0.469. The molecule has 1 heterocycles. The van der Waals surface area contributed by atoms with Crippen molar-refractivity contribution in [3.05, 3.63) is 57.3 Å². The van der Waals surface area contributed by atoms with E-state index in [0.29, 0.717) is 22.2 Å². The summed E-state index contributed by atoms with van der Waals surface area (Å²) in [5.41, 5.74) is 1.26. The molecular formula is C20H21ClFN5O3S. The van der Waals surface area contributed by atoms with Crippen molar-refractivity contribution < 1.29 is 12.8 Å². The molecule has 164 valence electrons. The van der Waals surface area contributed by atoms with Crippen molar-refractivity contribution in [2.75, 3.05) is 17.1 Å².